The minimum Gasteiger partial charge on any atom is -0.508 e. The van der Waals surface area contributed by atoms with E-state index in [9.17, 15) is 9.90 Å². The summed E-state index contributed by atoms with van der Waals surface area (Å²) in [5.74, 6) is 0.295. The fourth-order valence-corrected chi connectivity index (χ4v) is 1.67. The van der Waals surface area contributed by atoms with Gasteiger partial charge in [0.2, 0.25) is 6.41 Å². The Balaban J connectivity index is 2.37. The van der Waals surface area contributed by atoms with E-state index in [4.69, 9.17) is 0 Å². The number of fused-ring (bicyclic) bond motifs is 1. The van der Waals surface area contributed by atoms with Crippen LogP contribution in [0.15, 0.2) is 18.2 Å². The number of phenolic OH excluding ortho intramolecular Hbond substituents is 1. The van der Waals surface area contributed by atoms with E-state index in [0.29, 0.717) is 12.3 Å². The Hall–Kier alpha value is -1.51. The molecule has 1 aromatic carbocycles. The van der Waals surface area contributed by atoms with Gasteiger partial charge >= 0.3 is 0 Å². The summed E-state index contributed by atoms with van der Waals surface area (Å²) in [4.78, 5) is 12.2. The Kier molecular flexibility index (Phi) is 1.93. The molecule has 2 rings (SSSR count). The van der Waals surface area contributed by atoms with Gasteiger partial charge in [0.05, 0.1) is 0 Å². The predicted octanol–water partition coefficient (Wildman–Crippen LogP) is 0.907. The molecule has 1 amide bonds. The van der Waals surface area contributed by atoms with Crippen molar-refractivity contribution in [3.63, 3.8) is 0 Å². The second kappa shape index (κ2) is 3.09. The molecule has 0 saturated heterocycles. The van der Waals surface area contributed by atoms with Crippen LogP contribution in [0.5, 0.6) is 5.75 Å². The lowest BCUT2D eigenvalue weighted by Crippen LogP contribution is -2.29. The average molecular weight is 177 g/mol. The zero-order valence-corrected chi connectivity index (χ0v) is 7.23. The maximum absolute atomic E-state index is 10.5. The first-order valence-corrected chi connectivity index (χ1v) is 4.30. The van der Waals surface area contributed by atoms with Crippen LogP contribution in [0.1, 0.15) is 11.1 Å². The average Bonchev–Trinajstić information content (AvgIpc) is 2.18. The molecule has 1 heterocycles. The lowest BCUT2D eigenvalue weighted by atomic mass is 9.99. The van der Waals surface area contributed by atoms with Crippen LogP contribution >= 0.6 is 0 Å². The summed E-state index contributed by atoms with van der Waals surface area (Å²) in [5.41, 5.74) is 2.04. The highest BCUT2D eigenvalue weighted by Crippen LogP contribution is 2.25. The van der Waals surface area contributed by atoms with E-state index in [0.717, 1.165) is 30.5 Å². The van der Waals surface area contributed by atoms with Gasteiger partial charge in [-0.2, -0.15) is 0 Å². The number of hydrogen-bond acceptors (Lipinski definition) is 2. The van der Waals surface area contributed by atoms with E-state index in [-0.39, 0.29) is 0 Å². The molecule has 0 unspecified atom stereocenters. The molecule has 13 heavy (non-hydrogen) atoms. The molecule has 3 nitrogen and oxygen atoms in total. The molecule has 0 fully saturated rings. The maximum atomic E-state index is 10.5. The molecule has 0 saturated carbocycles. The second-order valence-electron chi connectivity index (χ2n) is 3.24. The molecule has 0 radical (unpaired) electrons. The van der Waals surface area contributed by atoms with Crippen LogP contribution in [-0.2, 0) is 17.8 Å². The first kappa shape index (κ1) is 8.10. The van der Waals surface area contributed by atoms with Gasteiger partial charge in [0.1, 0.15) is 5.75 Å². The van der Waals surface area contributed by atoms with Gasteiger partial charge in [-0.25, -0.2) is 0 Å². The van der Waals surface area contributed by atoms with Crippen molar-refractivity contribution >= 4 is 6.41 Å². The number of hydrogen-bond donors (Lipinski definition) is 1. The molecular formula is C10H11NO2. The minimum atomic E-state index is 0.295. The number of phenols is 1. The number of amides is 1. The Morgan fingerprint density at radius 1 is 1.46 bits per heavy atom. The van der Waals surface area contributed by atoms with Crippen LogP contribution in [0.4, 0.5) is 0 Å². The fraction of sp³-hybridized carbons (Fsp3) is 0.300. The standard InChI is InChI=1S/C10H11NO2/c12-7-11-5-4-8-2-1-3-10(13)9(8)6-11/h1-3,7,13H,4-6H2. The molecular weight excluding hydrogens is 166 g/mol. The summed E-state index contributed by atoms with van der Waals surface area (Å²) in [7, 11) is 0. The quantitative estimate of drug-likeness (QED) is 0.647. The molecule has 3 heteroatoms. The van der Waals surface area contributed by atoms with E-state index < -0.39 is 0 Å². The predicted molar refractivity (Wildman–Crippen MR) is 48.3 cm³/mol. The van der Waals surface area contributed by atoms with Gasteiger partial charge in [-0.15, -0.1) is 0 Å². The highest BCUT2D eigenvalue weighted by molar-refractivity contribution is 5.51. The van der Waals surface area contributed by atoms with Crippen LogP contribution in [0, 0.1) is 0 Å². The van der Waals surface area contributed by atoms with Crippen molar-refractivity contribution < 1.29 is 9.90 Å². The highest BCUT2D eigenvalue weighted by Gasteiger charge is 2.16. The molecule has 0 spiro atoms. The van der Waals surface area contributed by atoms with Gasteiger partial charge in [0.25, 0.3) is 0 Å². The van der Waals surface area contributed by atoms with E-state index in [1.807, 2.05) is 12.1 Å². The van der Waals surface area contributed by atoms with Crippen LogP contribution in [0.25, 0.3) is 0 Å². The SMILES string of the molecule is O=CN1CCc2cccc(O)c2C1. The van der Waals surface area contributed by atoms with Crippen LogP contribution < -0.4 is 0 Å². The zero-order chi connectivity index (χ0) is 9.26. The molecule has 0 bridgehead atoms. The van der Waals surface area contributed by atoms with Gasteiger partial charge in [-0.1, -0.05) is 12.1 Å². The normalized spacial score (nSPS) is 15.2. The third kappa shape index (κ3) is 1.37. The van der Waals surface area contributed by atoms with Crippen LogP contribution in [0.3, 0.4) is 0 Å². The summed E-state index contributed by atoms with van der Waals surface area (Å²) >= 11 is 0. The van der Waals surface area contributed by atoms with Gasteiger partial charge < -0.3 is 10.0 Å². The van der Waals surface area contributed by atoms with Crippen molar-refractivity contribution in [1.82, 2.24) is 4.90 Å². The molecule has 0 atom stereocenters. The first-order chi connectivity index (χ1) is 6.31. The molecule has 1 N–H and O–H groups in total. The van der Waals surface area contributed by atoms with Crippen molar-refractivity contribution in [1.29, 1.82) is 0 Å². The maximum Gasteiger partial charge on any atom is 0.210 e. The Morgan fingerprint density at radius 3 is 3.08 bits per heavy atom. The fourth-order valence-electron chi connectivity index (χ4n) is 1.67. The van der Waals surface area contributed by atoms with Crippen molar-refractivity contribution in [3.8, 4) is 5.75 Å². The third-order valence-electron chi connectivity index (χ3n) is 2.43. The van der Waals surface area contributed by atoms with Gasteiger partial charge in [0, 0.05) is 18.7 Å². The topological polar surface area (TPSA) is 40.5 Å². The van der Waals surface area contributed by atoms with Crippen molar-refractivity contribution in [2.45, 2.75) is 13.0 Å². The van der Waals surface area contributed by atoms with E-state index in [1.165, 1.54) is 0 Å². The number of carbonyl (C=O) groups is 1. The number of aromatic hydroxyl groups is 1. The summed E-state index contributed by atoms with van der Waals surface area (Å²) in [6.45, 7) is 1.28. The van der Waals surface area contributed by atoms with Crippen LogP contribution in [-0.4, -0.2) is 23.0 Å². The van der Waals surface area contributed by atoms with Crippen molar-refractivity contribution in [2.75, 3.05) is 6.54 Å². The van der Waals surface area contributed by atoms with Gasteiger partial charge in [0.15, 0.2) is 0 Å². The summed E-state index contributed by atoms with van der Waals surface area (Å²) in [6.07, 6.45) is 1.66. The Bertz CT molecular complexity index is 336. The zero-order valence-electron chi connectivity index (χ0n) is 7.23. The smallest absolute Gasteiger partial charge is 0.210 e. The molecule has 68 valence electrons. The van der Waals surface area contributed by atoms with E-state index >= 15 is 0 Å². The lowest BCUT2D eigenvalue weighted by Gasteiger charge is -2.25. The van der Waals surface area contributed by atoms with Gasteiger partial charge in [-0.05, 0) is 18.1 Å². The monoisotopic (exact) mass is 177 g/mol. The number of carbonyl (C=O) groups excluding carboxylic acids is 1. The summed E-state index contributed by atoms with van der Waals surface area (Å²) < 4.78 is 0. The van der Waals surface area contributed by atoms with Crippen molar-refractivity contribution in [2.24, 2.45) is 0 Å². The van der Waals surface area contributed by atoms with Crippen molar-refractivity contribution in [3.05, 3.63) is 29.3 Å². The number of benzene rings is 1. The summed E-state index contributed by atoms with van der Waals surface area (Å²) in [5, 5.41) is 9.53. The van der Waals surface area contributed by atoms with E-state index in [2.05, 4.69) is 0 Å². The number of nitrogens with zero attached hydrogens (tertiary/aromatic N) is 1. The molecule has 1 aliphatic heterocycles. The van der Waals surface area contributed by atoms with E-state index in [1.54, 1.807) is 11.0 Å². The lowest BCUT2D eigenvalue weighted by molar-refractivity contribution is -0.118. The minimum absolute atomic E-state index is 0.295. The highest BCUT2D eigenvalue weighted by atomic mass is 16.3. The largest absolute Gasteiger partial charge is 0.508 e. The molecule has 1 aliphatic rings. The molecule has 1 aromatic rings. The second-order valence-corrected chi connectivity index (χ2v) is 3.24. The third-order valence-corrected chi connectivity index (χ3v) is 2.43. The molecule has 0 aromatic heterocycles. The molecule has 0 aliphatic carbocycles. The van der Waals surface area contributed by atoms with Crippen LogP contribution in [0.2, 0.25) is 0 Å². The summed E-state index contributed by atoms with van der Waals surface area (Å²) in [6, 6.07) is 5.50. The van der Waals surface area contributed by atoms with Gasteiger partial charge in [-0.3, -0.25) is 4.79 Å². The first-order valence-electron chi connectivity index (χ1n) is 4.30. The number of rotatable bonds is 1. The Morgan fingerprint density at radius 2 is 2.31 bits per heavy atom. The Labute approximate surface area is 76.6 Å².